The Morgan fingerprint density at radius 2 is 2.00 bits per heavy atom. The van der Waals surface area contributed by atoms with Gasteiger partial charge in [0.05, 0.1) is 5.69 Å². The van der Waals surface area contributed by atoms with Gasteiger partial charge in [-0.25, -0.2) is 14.0 Å². The number of carbonyl (C=O) groups is 1. The third-order valence-corrected chi connectivity index (χ3v) is 7.87. The topological polar surface area (TPSA) is 109 Å². The molecule has 35 heavy (non-hydrogen) atoms. The molecule has 0 radical (unpaired) electrons. The summed E-state index contributed by atoms with van der Waals surface area (Å²) in [6.07, 6.45) is 3.11. The van der Waals surface area contributed by atoms with Crippen molar-refractivity contribution in [3.63, 3.8) is 0 Å². The van der Waals surface area contributed by atoms with Crippen LogP contribution in [0.4, 0.5) is 15.0 Å². The number of carbonyl (C=O) groups excluding carboxylic acids is 1. The molecular weight excluding hydrogens is 449 g/mol. The second-order valence-electron chi connectivity index (χ2n) is 9.86. The number of hydrogen-bond donors (Lipinski definition) is 3. The van der Waals surface area contributed by atoms with Crippen LogP contribution in [0.25, 0.3) is 5.69 Å². The SMILES string of the molecule is CCC(Cc1ccc(-n2ccc(NC(=O)N3CCNCC3)nc2=O)cc1F)N1C[C@@H]2C(CN)[C@@H]2C1. The summed E-state index contributed by atoms with van der Waals surface area (Å²) in [5, 5.41) is 5.85. The lowest BCUT2D eigenvalue weighted by Crippen LogP contribution is -2.48. The van der Waals surface area contributed by atoms with Crippen molar-refractivity contribution in [3.8, 4) is 5.69 Å². The van der Waals surface area contributed by atoms with Crippen molar-refractivity contribution < 1.29 is 9.18 Å². The highest BCUT2D eigenvalue weighted by molar-refractivity contribution is 5.88. The first-order valence-electron chi connectivity index (χ1n) is 12.6. The molecular formula is C25H34FN7O2. The van der Waals surface area contributed by atoms with Gasteiger partial charge in [-0.15, -0.1) is 0 Å². The van der Waals surface area contributed by atoms with E-state index in [1.807, 2.05) is 0 Å². The number of urea groups is 1. The number of nitrogens with zero attached hydrogens (tertiary/aromatic N) is 4. The van der Waals surface area contributed by atoms with Gasteiger partial charge in [-0.1, -0.05) is 13.0 Å². The number of benzene rings is 1. The number of anilines is 1. The summed E-state index contributed by atoms with van der Waals surface area (Å²) >= 11 is 0. The first kappa shape index (κ1) is 23.9. The first-order chi connectivity index (χ1) is 17.0. The zero-order valence-electron chi connectivity index (χ0n) is 20.1. The number of nitrogens with one attached hydrogen (secondary N) is 2. The van der Waals surface area contributed by atoms with E-state index in [0.29, 0.717) is 54.6 Å². The summed E-state index contributed by atoms with van der Waals surface area (Å²) in [4.78, 5) is 33.1. The first-order valence-corrected chi connectivity index (χ1v) is 12.6. The lowest BCUT2D eigenvalue weighted by molar-refractivity contribution is 0.200. The molecule has 1 aromatic heterocycles. The fourth-order valence-electron chi connectivity index (χ4n) is 5.69. The molecule has 10 heteroatoms. The molecule has 2 aromatic rings. The van der Waals surface area contributed by atoms with Crippen LogP contribution in [0.2, 0.25) is 0 Å². The largest absolute Gasteiger partial charge is 0.354 e. The Kier molecular flexibility index (Phi) is 6.86. The maximum absolute atomic E-state index is 15.1. The number of piperazine rings is 1. The number of piperidine rings is 1. The second-order valence-corrected chi connectivity index (χ2v) is 9.86. The Bertz CT molecular complexity index is 1120. The van der Waals surface area contributed by atoms with E-state index in [4.69, 9.17) is 5.73 Å². The maximum Gasteiger partial charge on any atom is 0.354 e. The van der Waals surface area contributed by atoms with E-state index in [0.717, 1.165) is 39.1 Å². The molecule has 3 heterocycles. The summed E-state index contributed by atoms with van der Waals surface area (Å²) in [6.45, 7) is 7.70. The van der Waals surface area contributed by atoms with E-state index in [1.54, 1.807) is 23.1 Å². The smallest absolute Gasteiger partial charge is 0.330 e. The number of likely N-dealkylation sites (tertiary alicyclic amines) is 1. The van der Waals surface area contributed by atoms with Crippen LogP contribution in [0.1, 0.15) is 18.9 Å². The molecule has 9 nitrogen and oxygen atoms in total. The van der Waals surface area contributed by atoms with E-state index >= 15 is 4.39 Å². The van der Waals surface area contributed by atoms with Crippen LogP contribution >= 0.6 is 0 Å². The minimum atomic E-state index is -0.576. The summed E-state index contributed by atoms with van der Waals surface area (Å²) in [5.74, 6) is 1.95. The van der Waals surface area contributed by atoms with Gasteiger partial charge in [-0.2, -0.15) is 4.98 Å². The molecule has 0 bridgehead atoms. The van der Waals surface area contributed by atoms with Crippen LogP contribution in [-0.4, -0.2) is 77.2 Å². The highest BCUT2D eigenvalue weighted by Gasteiger charge is 2.55. The minimum Gasteiger partial charge on any atom is -0.330 e. The van der Waals surface area contributed by atoms with Crippen molar-refractivity contribution in [2.24, 2.45) is 23.5 Å². The fraction of sp³-hybridized carbons (Fsp3) is 0.560. The lowest BCUT2D eigenvalue weighted by atomic mass is 10.0. The number of nitrogens with two attached hydrogens (primary N) is 1. The number of fused-ring (bicyclic) bond motifs is 1. The summed E-state index contributed by atoms with van der Waals surface area (Å²) in [6, 6.07) is 6.46. The van der Waals surface area contributed by atoms with E-state index in [2.05, 4.69) is 27.4 Å². The van der Waals surface area contributed by atoms with Gasteiger partial charge in [0.25, 0.3) is 0 Å². The standard InChI is InChI=1S/C25H34FN7O2/c1-2-17(32-14-20-19(13-27)21(20)15-32)11-16-3-4-18(12-22(16)26)33-8-5-23(30-25(33)35)29-24(34)31-9-6-28-7-10-31/h3-5,8,12,17,19-21,28H,2,6-7,9-11,13-15,27H2,1H3,(H,29,30,34,35)/t17?,19?,20-,21+. The number of halogens is 1. The molecule has 1 saturated carbocycles. The summed E-state index contributed by atoms with van der Waals surface area (Å²) < 4.78 is 16.4. The van der Waals surface area contributed by atoms with Crippen LogP contribution in [0.3, 0.4) is 0 Å². The molecule has 1 aromatic carbocycles. The lowest BCUT2D eigenvalue weighted by Gasteiger charge is -2.29. The monoisotopic (exact) mass is 483 g/mol. The predicted molar refractivity (Wildman–Crippen MR) is 132 cm³/mol. The highest BCUT2D eigenvalue weighted by atomic mass is 19.1. The third kappa shape index (κ3) is 4.96. The van der Waals surface area contributed by atoms with Gasteiger partial charge in [-0.3, -0.25) is 14.8 Å². The Morgan fingerprint density at radius 3 is 2.63 bits per heavy atom. The van der Waals surface area contributed by atoms with E-state index in [9.17, 15) is 9.59 Å². The average Bonchev–Trinajstić information content (AvgIpc) is 3.34. The molecule has 0 spiro atoms. The van der Waals surface area contributed by atoms with Crippen molar-refractivity contribution in [1.29, 1.82) is 0 Å². The van der Waals surface area contributed by atoms with Crippen LogP contribution in [0.5, 0.6) is 0 Å². The van der Waals surface area contributed by atoms with Gasteiger partial charge in [-0.05, 0) is 60.9 Å². The van der Waals surface area contributed by atoms with Crippen molar-refractivity contribution >= 4 is 11.8 Å². The van der Waals surface area contributed by atoms with Crippen LogP contribution in [0.15, 0.2) is 35.3 Å². The molecule has 2 saturated heterocycles. The van der Waals surface area contributed by atoms with Gasteiger partial charge >= 0.3 is 11.7 Å². The Balaban J connectivity index is 1.24. The molecule has 3 aliphatic rings. The number of rotatable bonds is 7. The molecule has 3 fully saturated rings. The van der Waals surface area contributed by atoms with Crippen molar-refractivity contribution in [1.82, 2.24) is 24.7 Å². The van der Waals surface area contributed by atoms with E-state index in [-0.39, 0.29) is 17.7 Å². The maximum atomic E-state index is 15.1. The molecule has 2 amide bonds. The van der Waals surface area contributed by atoms with Crippen molar-refractivity contribution in [2.45, 2.75) is 25.8 Å². The Morgan fingerprint density at radius 1 is 1.26 bits per heavy atom. The zero-order valence-corrected chi connectivity index (χ0v) is 20.1. The molecule has 4 atom stereocenters. The second kappa shape index (κ2) is 10.0. The Labute approximate surface area is 204 Å². The van der Waals surface area contributed by atoms with Gasteiger partial charge in [0, 0.05) is 51.5 Å². The summed E-state index contributed by atoms with van der Waals surface area (Å²) in [5.41, 5.74) is 6.32. The van der Waals surface area contributed by atoms with Crippen LogP contribution < -0.4 is 22.1 Å². The minimum absolute atomic E-state index is 0.179. The number of aromatic nitrogens is 2. The molecule has 5 rings (SSSR count). The van der Waals surface area contributed by atoms with E-state index in [1.165, 1.54) is 16.8 Å². The highest BCUT2D eigenvalue weighted by Crippen LogP contribution is 2.51. The predicted octanol–water partition coefficient (Wildman–Crippen LogP) is 1.27. The summed E-state index contributed by atoms with van der Waals surface area (Å²) in [7, 11) is 0. The quantitative estimate of drug-likeness (QED) is 0.547. The van der Waals surface area contributed by atoms with Gasteiger partial charge in [0.15, 0.2) is 0 Å². The van der Waals surface area contributed by atoms with Gasteiger partial charge < -0.3 is 16.0 Å². The number of hydrogen-bond acceptors (Lipinski definition) is 6. The third-order valence-electron chi connectivity index (χ3n) is 7.87. The molecule has 4 N–H and O–H groups in total. The zero-order chi connectivity index (χ0) is 24.5. The van der Waals surface area contributed by atoms with Crippen molar-refractivity contribution in [3.05, 3.63) is 52.3 Å². The molecule has 1 aliphatic carbocycles. The van der Waals surface area contributed by atoms with Crippen LogP contribution in [-0.2, 0) is 6.42 Å². The molecule has 2 unspecified atom stereocenters. The molecule has 2 aliphatic heterocycles. The van der Waals surface area contributed by atoms with Crippen LogP contribution in [0, 0.1) is 23.6 Å². The van der Waals surface area contributed by atoms with Gasteiger partial charge in [0.2, 0.25) is 0 Å². The van der Waals surface area contributed by atoms with Gasteiger partial charge in [0.1, 0.15) is 11.6 Å². The average molecular weight is 484 g/mol. The molecule has 188 valence electrons. The normalized spacial score (nSPS) is 24.8. The Hall–Kier alpha value is -2.82. The number of amides is 2. The van der Waals surface area contributed by atoms with E-state index < -0.39 is 5.69 Å². The fourth-order valence-corrected chi connectivity index (χ4v) is 5.69. The van der Waals surface area contributed by atoms with Crippen molar-refractivity contribution in [2.75, 3.05) is 51.1 Å².